The molecule has 1 amide bonds. The van der Waals surface area contributed by atoms with E-state index in [4.69, 9.17) is 0 Å². The molecule has 1 aliphatic heterocycles. The van der Waals surface area contributed by atoms with Gasteiger partial charge in [0.05, 0.1) is 0 Å². The van der Waals surface area contributed by atoms with Crippen LogP contribution < -0.4 is 10.2 Å². The number of anilines is 1. The molecule has 0 aliphatic carbocycles. The Morgan fingerprint density at radius 3 is 2.75 bits per heavy atom. The summed E-state index contributed by atoms with van der Waals surface area (Å²) in [6.45, 7) is 5.04. The molecule has 0 bridgehead atoms. The number of rotatable bonds is 8. The van der Waals surface area contributed by atoms with Gasteiger partial charge in [0.25, 0.3) is 0 Å². The van der Waals surface area contributed by atoms with E-state index in [9.17, 15) is 4.79 Å². The van der Waals surface area contributed by atoms with Gasteiger partial charge in [-0.2, -0.15) is 11.8 Å². The van der Waals surface area contributed by atoms with Crippen molar-refractivity contribution < 1.29 is 4.79 Å². The molecule has 4 heteroatoms. The average molecular weight is 292 g/mol. The first-order valence-corrected chi connectivity index (χ1v) is 8.64. The third-order valence-electron chi connectivity index (χ3n) is 3.50. The van der Waals surface area contributed by atoms with Crippen LogP contribution >= 0.6 is 11.8 Å². The maximum Gasteiger partial charge on any atom is 0.227 e. The molecule has 0 atom stereocenters. The van der Waals surface area contributed by atoms with Crippen molar-refractivity contribution in [2.24, 2.45) is 0 Å². The standard InChI is InChI=1S/C16H24N2OS/c1-2-20-12-4-10-17-13-14-6-8-15(9-7-14)18-11-3-5-16(18)19/h6-9,17H,2-5,10-13H2,1H3. The molecule has 2 rings (SSSR count). The highest BCUT2D eigenvalue weighted by Gasteiger charge is 2.21. The predicted molar refractivity (Wildman–Crippen MR) is 87.4 cm³/mol. The van der Waals surface area contributed by atoms with Gasteiger partial charge in [-0.3, -0.25) is 4.79 Å². The lowest BCUT2D eigenvalue weighted by Gasteiger charge is -2.16. The summed E-state index contributed by atoms with van der Waals surface area (Å²) in [5.74, 6) is 2.69. The summed E-state index contributed by atoms with van der Waals surface area (Å²) in [4.78, 5) is 13.6. The minimum absolute atomic E-state index is 0.254. The van der Waals surface area contributed by atoms with Crippen LogP contribution in [0.3, 0.4) is 0 Å². The Kier molecular flexibility index (Phi) is 6.40. The van der Waals surface area contributed by atoms with E-state index in [1.54, 1.807) is 0 Å². The molecular formula is C16H24N2OS. The van der Waals surface area contributed by atoms with Crippen LogP contribution in [-0.2, 0) is 11.3 Å². The van der Waals surface area contributed by atoms with Crippen LogP contribution in [0.25, 0.3) is 0 Å². The Hall–Kier alpha value is -1.00. The van der Waals surface area contributed by atoms with Gasteiger partial charge in [0.2, 0.25) is 5.91 Å². The maximum atomic E-state index is 11.7. The number of nitrogens with one attached hydrogen (secondary N) is 1. The van der Waals surface area contributed by atoms with Gasteiger partial charge in [0.15, 0.2) is 0 Å². The van der Waals surface area contributed by atoms with E-state index in [0.29, 0.717) is 6.42 Å². The third kappa shape index (κ3) is 4.53. The number of thioether (sulfide) groups is 1. The second kappa shape index (κ2) is 8.32. The summed E-state index contributed by atoms with van der Waals surface area (Å²) >= 11 is 1.99. The molecule has 20 heavy (non-hydrogen) atoms. The molecule has 1 fully saturated rings. The van der Waals surface area contributed by atoms with E-state index in [1.165, 1.54) is 23.5 Å². The van der Waals surface area contributed by atoms with Crippen LogP contribution in [-0.4, -0.2) is 30.5 Å². The van der Waals surface area contributed by atoms with Gasteiger partial charge in [-0.25, -0.2) is 0 Å². The molecule has 0 spiro atoms. The summed E-state index contributed by atoms with van der Waals surface area (Å²) in [6, 6.07) is 8.36. The highest BCUT2D eigenvalue weighted by molar-refractivity contribution is 7.99. The fourth-order valence-electron chi connectivity index (χ4n) is 2.39. The third-order valence-corrected chi connectivity index (χ3v) is 4.48. The largest absolute Gasteiger partial charge is 0.313 e. The lowest BCUT2D eigenvalue weighted by Crippen LogP contribution is -2.23. The van der Waals surface area contributed by atoms with E-state index in [0.717, 1.165) is 31.7 Å². The first-order chi connectivity index (χ1) is 9.81. The van der Waals surface area contributed by atoms with Crippen LogP contribution in [0.2, 0.25) is 0 Å². The molecule has 1 N–H and O–H groups in total. The number of benzene rings is 1. The number of carbonyl (C=O) groups excluding carboxylic acids is 1. The summed E-state index contributed by atoms with van der Waals surface area (Å²) < 4.78 is 0. The molecule has 1 saturated heterocycles. The SMILES string of the molecule is CCSCCCNCc1ccc(N2CCCC2=O)cc1. The first kappa shape index (κ1) is 15.4. The van der Waals surface area contributed by atoms with Crippen molar-refractivity contribution in [1.82, 2.24) is 5.32 Å². The van der Waals surface area contributed by atoms with E-state index < -0.39 is 0 Å². The fourth-order valence-corrected chi connectivity index (χ4v) is 3.03. The molecule has 0 aromatic heterocycles. The Bertz CT molecular complexity index is 419. The van der Waals surface area contributed by atoms with E-state index in [-0.39, 0.29) is 5.91 Å². The summed E-state index contributed by atoms with van der Waals surface area (Å²) in [5, 5.41) is 3.46. The minimum atomic E-state index is 0.254. The highest BCUT2D eigenvalue weighted by Crippen LogP contribution is 2.21. The van der Waals surface area contributed by atoms with E-state index >= 15 is 0 Å². The lowest BCUT2D eigenvalue weighted by molar-refractivity contribution is -0.117. The molecule has 0 unspecified atom stereocenters. The van der Waals surface area contributed by atoms with Gasteiger partial charge in [-0.1, -0.05) is 19.1 Å². The van der Waals surface area contributed by atoms with Crippen LogP contribution in [0.4, 0.5) is 5.69 Å². The number of amides is 1. The lowest BCUT2D eigenvalue weighted by atomic mass is 10.2. The Morgan fingerprint density at radius 1 is 1.30 bits per heavy atom. The van der Waals surface area contributed by atoms with Crippen molar-refractivity contribution in [2.45, 2.75) is 32.7 Å². The summed E-state index contributed by atoms with van der Waals surface area (Å²) in [5.41, 5.74) is 2.32. The van der Waals surface area contributed by atoms with Crippen LogP contribution in [0, 0.1) is 0 Å². The minimum Gasteiger partial charge on any atom is -0.313 e. The van der Waals surface area contributed by atoms with Gasteiger partial charge in [0, 0.05) is 25.2 Å². The fraction of sp³-hybridized carbons (Fsp3) is 0.562. The van der Waals surface area contributed by atoms with Gasteiger partial charge in [0.1, 0.15) is 0 Å². The monoisotopic (exact) mass is 292 g/mol. The van der Waals surface area contributed by atoms with E-state index in [1.807, 2.05) is 16.7 Å². The smallest absolute Gasteiger partial charge is 0.227 e. The topological polar surface area (TPSA) is 32.3 Å². The second-order valence-electron chi connectivity index (χ2n) is 5.04. The van der Waals surface area contributed by atoms with Crippen LogP contribution in [0.1, 0.15) is 31.7 Å². The van der Waals surface area contributed by atoms with Gasteiger partial charge >= 0.3 is 0 Å². The van der Waals surface area contributed by atoms with Gasteiger partial charge in [-0.05, 0) is 48.6 Å². The Labute approximate surface area is 126 Å². The van der Waals surface area contributed by atoms with Crippen molar-refractivity contribution in [2.75, 3.05) is 29.5 Å². The Balaban J connectivity index is 1.73. The second-order valence-corrected chi connectivity index (χ2v) is 6.44. The van der Waals surface area contributed by atoms with E-state index in [2.05, 4.69) is 36.5 Å². The van der Waals surface area contributed by atoms with Crippen molar-refractivity contribution >= 4 is 23.4 Å². The van der Waals surface area contributed by atoms with Crippen molar-refractivity contribution in [1.29, 1.82) is 0 Å². The quantitative estimate of drug-likeness (QED) is 0.747. The van der Waals surface area contributed by atoms with Crippen molar-refractivity contribution in [3.8, 4) is 0 Å². The number of carbonyl (C=O) groups is 1. The molecule has 1 aromatic rings. The molecule has 1 heterocycles. The summed E-state index contributed by atoms with van der Waals surface area (Å²) in [6.07, 6.45) is 2.90. The molecule has 0 radical (unpaired) electrons. The zero-order valence-corrected chi connectivity index (χ0v) is 13.0. The molecule has 0 saturated carbocycles. The Morgan fingerprint density at radius 2 is 2.10 bits per heavy atom. The normalized spacial score (nSPS) is 15.1. The predicted octanol–water partition coefficient (Wildman–Crippen LogP) is 3.05. The van der Waals surface area contributed by atoms with Crippen molar-refractivity contribution in [3.63, 3.8) is 0 Å². The zero-order chi connectivity index (χ0) is 14.2. The molecule has 1 aliphatic rings. The maximum absolute atomic E-state index is 11.7. The van der Waals surface area contributed by atoms with Crippen LogP contribution in [0.15, 0.2) is 24.3 Å². The first-order valence-electron chi connectivity index (χ1n) is 7.49. The molecule has 110 valence electrons. The van der Waals surface area contributed by atoms with Crippen molar-refractivity contribution in [3.05, 3.63) is 29.8 Å². The highest BCUT2D eigenvalue weighted by atomic mass is 32.2. The number of hydrogen-bond acceptors (Lipinski definition) is 3. The van der Waals surface area contributed by atoms with Gasteiger partial charge < -0.3 is 10.2 Å². The number of hydrogen-bond donors (Lipinski definition) is 1. The van der Waals surface area contributed by atoms with Gasteiger partial charge in [-0.15, -0.1) is 0 Å². The number of nitrogens with zero attached hydrogens (tertiary/aromatic N) is 1. The molecular weight excluding hydrogens is 268 g/mol. The molecule has 1 aromatic carbocycles. The average Bonchev–Trinajstić information content (AvgIpc) is 2.90. The zero-order valence-electron chi connectivity index (χ0n) is 12.2. The van der Waals surface area contributed by atoms with Crippen LogP contribution in [0.5, 0.6) is 0 Å². The summed E-state index contributed by atoms with van der Waals surface area (Å²) in [7, 11) is 0. The molecule has 3 nitrogen and oxygen atoms in total.